The maximum absolute atomic E-state index is 13.3. The van der Waals surface area contributed by atoms with Gasteiger partial charge in [0.15, 0.2) is 5.82 Å². The Hall–Kier alpha value is -2.71. The molecule has 4 rings (SSSR count). The predicted molar refractivity (Wildman–Crippen MR) is 128 cm³/mol. The van der Waals surface area contributed by atoms with Gasteiger partial charge in [0, 0.05) is 38.0 Å². The molecule has 1 aromatic carbocycles. The van der Waals surface area contributed by atoms with E-state index in [-0.39, 0.29) is 24.6 Å². The number of hydrogen-bond acceptors (Lipinski definition) is 6. The lowest BCUT2D eigenvalue weighted by Gasteiger charge is -2.34. The molecule has 0 radical (unpaired) electrons. The summed E-state index contributed by atoms with van der Waals surface area (Å²) >= 11 is 6.49. The quantitative estimate of drug-likeness (QED) is 0.630. The van der Waals surface area contributed by atoms with Gasteiger partial charge in [0.2, 0.25) is 0 Å². The molecule has 1 atom stereocenters. The highest BCUT2D eigenvalue weighted by Gasteiger charge is 2.36. The van der Waals surface area contributed by atoms with Crippen LogP contribution in [0, 0.1) is 0 Å². The smallest absolute Gasteiger partial charge is 0.410 e. The molecule has 3 heterocycles. The number of aromatic nitrogens is 2. The molecule has 0 unspecified atom stereocenters. The van der Waals surface area contributed by atoms with Crippen molar-refractivity contribution in [3.05, 3.63) is 57.6 Å². The van der Waals surface area contributed by atoms with Crippen molar-refractivity contribution in [1.29, 1.82) is 0 Å². The van der Waals surface area contributed by atoms with Gasteiger partial charge in [-0.05, 0) is 74.9 Å². The number of benzene rings is 1. The van der Waals surface area contributed by atoms with Crippen molar-refractivity contribution in [3.63, 3.8) is 0 Å². The van der Waals surface area contributed by atoms with Crippen molar-refractivity contribution in [2.45, 2.75) is 64.8 Å². The highest BCUT2D eigenvalue weighted by Crippen LogP contribution is 2.39. The van der Waals surface area contributed by atoms with Crippen molar-refractivity contribution in [1.82, 2.24) is 19.8 Å². The Kier molecular flexibility index (Phi) is 7.09. The zero-order valence-electron chi connectivity index (χ0n) is 20.1. The van der Waals surface area contributed by atoms with Crippen LogP contribution >= 0.6 is 11.6 Å². The van der Waals surface area contributed by atoms with Crippen molar-refractivity contribution in [3.8, 4) is 0 Å². The Morgan fingerprint density at radius 1 is 1.24 bits per heavy atom. The number of likely N-dealkylation sites (tertiary alicyclic amines) is 1. The van der Waals surface area contributed by atoms with Gasteiger partial charge in [0.1, 0.15) is 17.9 Å². The average Bonchev–Trinajstić information content (AvgIpc) is 3.27. The van der Waals surface area contributed by atoms with E-state index in [9.17, 15) is 9.59 Å². The van der Waals surface area contributed by atoms with E-state index in [1.165, 1.54) is 0 Å². The summed E-state index contributed by atoms with van der Waals surface area (Å²) in [5.41, 5.74) is 2.93. The second kappa shape index (κ2) is 9.88. The van der Waals surface area contributed by atoms with Crippen LogP contribution in [0.15, 0.2) is 24.4 Å². The first-order chi connectivity index (χ1) is 16.2. The molecule has 9 heteroatoms. The van der Waals surface area contributed by atoms with E-state index >= 15 is 0 Å². The average molecular weight is 487 g/mol. The Morgan fingerprint density at radius 2 is 2.03 bits per heavy atom. The first kappa shape index (κ1) is 24.4. The fourth-order valence-electron chi connectivity index (χ4n) is 4.64. The number of nitrogens with zero attached hydrogens (tertiary/aromatic N) is 4. The van der Waals surface area contributed by atoms with Crippen molar-refractivity contribution >= 4 is 23.6 Å². The van der Waals surface area contributed by atoms with Gasteiger partial charge in [-0.15, -0.1) is 0 Å². The van der Waals surface area contributed by atoms with Crippen LogP contribution in [-0.4, -0.2) is 57.6 Å². The molecule has 0 aliphatic carbocycles. The number of amides is 2. The van der Waals surface area contributed by atoms with E-state index < -0.39 is 5.60 Å². The molecule has 0 spiro atoms. The Labute approximate surface area is 205 Å². The second-order valence-electron chi connectivity index (χ2n) is 9.73. The number of carbonyl (C=O) groups excluding carboxylic acids is 2. The van der Waals surface area contributed by atoms with Gasteiger partial charge in [0.25, 0.3) is 5.91 Å². The third-order valence-corrected chi connectivity index (χ3v) is 6.28. The zero-order valence-corrected chi connectivity index (χ0v) is 20.9. The second-order valence-corrected chi connectivity index (χ2v) is 10.2. The van der Waals surface area contributed by atoms with E-state index in [1.807, 2.05) is 32.9 Å². The standard InChI is InChI=1S/C25H31ClN4O4/c1-25(2,3)34-24(32)30-10-5-6-21(30)18-13-17(26)12-16-8-11-29(14-19(16)18)23(31)20-7-9-27-22(28-20)15-33-4/h7,9,12-13,21H,5-6,8,10-11,14-15H2,1-4H3/t21-/m0/s1. The maximum atomic E-state index is 13.3. The molecular formula is C25H31ClN4O4. The number of halogens is 1. The summed E-state index contributed by atoms with van der Waals surface area (Å²) in [6.45, 7) is 7.48. The van der Waals surface area contributed by atoms with Crippen LogP contribution in [0.3, 0.4) is 0 Å². The van der Waals surface area contributed by atoms with Crippen LogP contribution in [0.25, 0.3) is 0 Å². The van der Waals surface area contributed by atoms with E-state index in [1.54, 1.807) is 29.2 Å². The van der Waals surface area contributed by atoms with Crippen molar-refractivity contribution in [2.75, 3.05) is 20.2 Å². The minimum atomic E-state index is -0.569. The molecule has 2 amide bonds. The third kappa shape index (κ3) is 5.33. The fraction of sp³-hybridized carbons (Fsp3) is 0.520. The largest absolute Gasteiger partial charge is 0.444 e. The summed E-state index contributed by atoms with van der Waals surface area (Å²) < 4.78 is 10.8. The number of methoxy groups -OCH3 is 1. The molecule has 0 N–H and O–H groups in total. The topological polar surface area (TPSA) is 84.9 Å². The van der Waals surface area contributed by atoms with Gasteiger partial charge >= 0.3 is 6.09 Å². The molecule has 1 saturated heterocycles. The zero-order chi connectivity index (χ0) is 24.5. The monoisotopic (exact) mass is 486 g/mol. The maximum Gasteiger partial charge on any atom is 0.410 e. The summed E-state index contributed by atoms with van der Waals surface area (Å²) in [6, 6.07) is 5.39. The van der Waals surface area contributed by atoms with E-state index in [0.717, 1.165) is 29.5 Å². The molecule has 8 nitrogen and oxygen atoms in total. The molecule has 0 bridgehead atoms. The summed E-state index contributed by atoms with van der Waals surface area (Å²) in [7, 11) is 1.57. The van der Waals surface area contributed by atoms with E-state index in [4.69, 9.17) is 21.1 Å². The molecule has 1 aromatic heterocycles. The Balaban J connectivity index is 1.61. The van der Waals surface area contributed by atoms with Gasteiger partial charge in [0.05, 0.1) is 6.04 Å². The number of hydrogen-bond donors (Lipinski definition) is 0. The van der Waals surface area contributed by atoms with Crippen LogP contribution in [0.4, 0.5) is 4.79 Å². The van der Waals surface area contributed by atoms with Crippen LogP contribution in [0.2, 0.25) is 5.02 Å². The van der Waals surface area contributed by atoms with Gasteiger partial charge in [-0.25, -0.2) is 14.8 Å². The third-order valence-electron chi connectivity index (χ3n) is 6.07. The molecule has 2 aliphatic rings. The molecule has 0 saturated carbocycles. The van der Waals surface area contributed by atoms with E-state index in [2.05, 4.69) is 9.97 Å². The molecule has 2 aromatic rings. The lowest BCUT2D eigenvalue weighted by atomic mass is 9.90. The van der Waals surface area contributed by atoms with E-state index in [0.29, 0.717) is 42.6 Å². The molecule has 182 valence electrons. The number of carbonyl (C=O) groups is 2. The Bertz CT molecular complexity index is 1090. The molecule has 1 fully saturated rings. The summed E-state index contributed by atoms with van der Waals surface area (Å²) in [6.07, 6.45) is 3.65. The number of rotatable bonds is 4. The minimum absolute atomic E-state index is 0.135. The normalized spacial score (nSPS) is 18.1. The first-order valence-electron chi connectivity index (χ1n) is 11.6. The molecule has 34 heavy (non-hydrogen) atoms. The summed E-state index contributed by atoms with van der Waals surface area (Å²) in [4.78, 5) is 38.3. The Morgan fingerprint density at radius 3 is 2.76 bits per heavy atom. The molecule has 2 aliphatic heterocycles. The minimum Gasteiger partial charge on any atom is -0.444 e. The lowest BCUT2D eigenvalue weighted by Crippen LogP contribution is -2.39. The fourth-order valence-corrected chi connectivity index (χ4v) is 4.89. The number of fused-ring (bicyclic) bond motifs is 1. The van der Waals surface area contributed by atoms with Gasteiger partial charge in [-0.1, -0.05) is 11.6 Å². The SMILES string of the molecule is COCc1nccc(C(=O)N2CCc3cc(Cl)cc([C@@H]4CCCN4C(=O)OC(C)(C)C)c3C2)n1. The van der Waals surface area contributed by atoms with Gasteiger partial charge in [-0.3, -0.25) is 4.79 Å². The van der Waals surface area contributed by atoms with Gasteiger partial charge < -0.3 is 19.3 Å². The van der Waals surface area contributed by atoms with Crippen LogP contribution in [-0.2, 0) is 29.0 Å². The van der Waals surface area contributed by atoms with Gasteiger partial charge in [-0.2, -0.15) is 0 Å². The highest BCUT2D eigenvalue weighted by molar-refractivity contribution is 6.30. The van der Waals surface area contributed by atoms with Crippen LogP contribution < -0.4 is 0 Å². The van der Waals surface area contributed by atoms with Crippen molar-refractivity contribution < 1.29 is 19.1 Å². The summed E-state index contributed by atoms with van der Waals surface area (Å²) in [5.74, 6) is 0.318. The number of ether oxygens (including phenoxy) is 2. The predicted octanol–water partition coefficient (Wildman–Crippen LogP) is 4.55. The van der Waals surface area contributed by atoms with Crippen molar-refractivity contribution in [2.24, 2.45) is 0 Å². The summed E-state index contributed by atoms with van der Waals surface area (Å²) in [5, 5.41) is 0.643. The first-order valence-corrected chi connectivity index (χ1v) is 11.9. The van der Waals surface area contributed by atoms with Crippen LogP contribution in [0.5, 0.6) is 0 Å². The molecular weight excluding hydrogens is 456 g/mol. The van der Waals surface area contributed by atoms with Crippen LogP contribution in [0.1, 0.15) is 72.7 Å². The highest BCUT2D eigenvalue weighted by atomic mass is 35.5. The lowest BCUT2D eigenvalue weighted by molar-refractivity contribution is 0.0222.